The highest BCUT2D eigenvalue weighted by Crippen LogP contribution is 2.19. The lowest BCUT2D eigenvalue weighted by Gasteiger charge is -2.09. The molecule has 72 valence electrons. The molecule has 0 spiro atoms. The van der Waals surface area contributed by atoms with Gasteiger partial charge in [0.1, 0.15) is 0 Å². The van der Waals surface area contributed by atoms with Crippen molar-refractivity contribution in [2.75, 3.05) is 0 Å². The Morgan fingerprint density at radius 3 is 2.57 bits per heavy atom. The zero-order valence-corrected chi connectivity index (χ0v) is 8.72. The zero-order valence-electron chi connectivity index (χ0n) is 8.72. The standard InChI is InChI=1S/C12H13NO/c1-4-11-8(2)5-6-10(7-13)12(11)9(3)14/h5-6H,4H2,1-3H3. The van der Waals surface area contributed by atoms with Gasteiger partial charge in [-0.1, -0.05) is 13.0 Å². The minimum atomic E-state index is -0.0258. The Kier molecular flexibility index (Phi) is 3.03. The van der Waals surface area contributed by atoms with Crippen LogP contribution in [-0.2, 0) is 6.42 Å². The van der Waals surface area contributed by atoms with Crippen LogP contribution < -0.4 is 0 Å². The number of carbonyl (C=O) groups excluding carboxylic acids is 1. The van der Waals surface area contributed by atoms with Gasteiger partial charge in [-0.05, 0) is 37.5 Å². The molecule has 0 amide bonds. The lowest BCUT2D eigenvalue weighted by molar-refractivity contribution is 0.101. The van der Waals surface area contributed by atoms with Crippen LogP contribution in [0.2, 0.25) is 0 Å². The fraction of sp³-hybridized carbons (Fsp3) is 0.333. The van der Waals surface area contributed by atoms with Crippen molar-refractivity contribution in [2.24, 2.45) is 0 Å². The minimum absolute atomic E-state index is 0.0258. The molecule has 1 aromatic carbocycles. The molecule has 0 fully saturated rings. The number of ketones is 1. The number of rotatable bonds is 2. The van der Waals surface area contributed by atoms with Crippen molar-refractivity contribution in [3.8, 4) is 6.07 Å². The van der Waals surface area contributed by atoms with Crippen LogP contribution in [0.4, 0.5) is 0 Å². The summed E-state index contributed by atoms with van der Waals surface area (Å²) < 4.78 is 0. The van der Waals surface area contributed by atoms with Gasteiger partial charge in [-0.2, -0.15) is 5.26 Å². The van der Waals surface area contributed by atoms with Gasteiger partial charge in [0.05, 0.1) is 11.6 Å². The first kappa shape index (κ1) is 10.5. The maximum Gasteiger partial charge on any atom is 0.161 e. The third-order valence-corrected chi connectivity index (χ3v) is 2.37. The SMILES string of the molecule is CCc1c(C)ccc(C#N)c1C(C)=O. The first-order valence-corrected chi connectivity index (χ1v) is 4.65. The van der Waals surface area contributed by atoms with Crippen molar-refractivity contribution in [3.05, 3.63) is 34.4 Å². The van der Waals surface area contributed by atoms with E-state index >= 15 is 0 Å². The molecule has 0 unspecified atom stereocenters. The van der Waals surface area contributed by atoms with E-state index in [-0.39, 0.29) is 5.78 Å². The van der Waals surface area contributed by atoms with Gasteiger partial charge < -0.3 is 0 Å². The Balaban J connectivity index is 3.54. The zero-order chi connectivity index (χ0) is 10.7. The monoisotopic (exact) mass is 187 g/mol. The summed E-state index contributed by atoms with van der Waals surface area (Å²) in [5.41, 5.74) is 3.16. The summed E-state index contributed by atoms with van der Waals surface area (Å²) in [4.78, 5) is 11.4. The maximum atomic E-state index is 11.4. The van der Waals surface area contributed by atoms with Crippen LogP contribution in [-0.4, -0.2) is 5.78 Å². The molecule has 0 bridgehead atoms. The van der Waals surface area contributed by atoms with Crippen LogP contribution in [0.3, 0.4) is 0 Å². The Morgan fingerprint density at radius 2 is 2.14 bits per heavy atom. The summed E-state index contributed by atoms with van der Waals surface area (Å²) in [5.74, 6) is -0.0258. The molecule has 0 N–H and O–H groups in total. The fourth-order valence-corrected chi connectivity index (χ4v) is 1.70. The quantitative estimate of drug-likeness (QED) is 0.668. The number of hydrogen-bond acceptors (Lipinski definition) is 2. The summed E-state index contributed by atoms with van der Waals surface area (Å²) in [6, 6.07) is 5.66. The summed E-state index contributed by atoms with van der Waals surface area (Å²) in [6.45, 7) is 5.47. The molecule has 0 aromatic heterocycles. The van der Waals surface area contributed by atoms with Gasteiger partial charge in [-0.15, -0.1) is 0 Å². The topological polar surface area (TPSA) is 40.9 Å². The van der Waals surface area contributed by atoms with Gasteiger partial charge in [0.15, 0.2) is 5.78 Å². The van der Waals surface area contributed by atoms with E-state index in [9.17, 15) is 4.79 Å². The van der Waals surface area contributed by atoms with Crippen LogP contribution in [0.25, 0.3) is 0 Å². The molecule has 0 radical (unpaired) electrons. The van der Waals surface area contributed by atoms with Crippen molar-refractivity contribution in [1.82, 2.24) is 0 Å². The van der Waals surface area contributed by atoms with E-state index in [4.69, 9.17) is 5.26 Å². The molecule has 1 rings (SSSR count). The van der Waals surface area contributed by atoms with E-state index in [1.807, 2.05) is 19.9 Å². The first-order chi connectivity index (χ1) is 6.61. The van der Waals surface area contributed by atoms with Gasteiger partial charge in [0.25, 0.3) is 0 Å². The largest absolute Gasteiger partial charge is 0.294 e. The number of benzene rings is 1. The number of nitriles is 1. The molecule has 1 aromatic rings. The Labute approximate surface area is 84.2 Å². The Hall–Kier alpha value is -1.62. The molecule has 0 saturated heterocycles. The lowest BCUT2D eigenvalue weighted by atomic mass is 9.93. The molecule has 0 heterocycles. The van der Waals surface area contributed by atoms with Crippen LogP contribution in [0, 0.1) is 18.3 Å². The Bertz CT molecular complexity index is 413. The van der Waals surface area contributed by atoms with E-state index in [0.717, 1.165) is 17.5 Å². The van der Waals surface area contributed by atoms with Gasteiger partial charge in [0.2, 0.25) is 0 Å². The normalized spacial score (nSPS) is 9.57. The average molecular weight is 187 g/mol. The van der Waals surface area contributed by atoms with Crippen molar-refractivity contribution >= 4 is 5.78 Å². The molecule has 2 heteroatoms. The van der Waals surface area contributed by atoms with Crippen molar-refractivity contribution in [3.63, 3.8) is 0 Å². The number of hydrogen-bond donors (Lipinski definition) is 0. The maximum absolute atomic E-state index is 11.4. The average Bonchev–Trinajstić information content (AvgIpc) is 2.17. The van der Waals surface area contributed by atoms with Gasteiger partial charge in [0, 0.05) is 5.56 Å². The summed E-state index contributed by atoms with van der Waals surface area (Å²) in [5, 5.41) is 8.88. The second kappa shape index (κ2) is 4.06. The van der Waals surface area contributed by atoms with E-state index in [0.29, 0.717) is 11.1 Å². The van der Waals surface area contributed by atoms with E-state index in [1.165, 1.54) is 6.92 Å². The summed E-state index contributed by atoms with van der Waals surface area (Å²) in [7, 11) is 0. The van der Waals surface area contributed by atoms with Crippen LogP contribution in [0.5, 0.6) is 0 Å². The number of nitrogens with zero attached hydrogens (tertiary/aromatic N) is 1. The van der Waals surface area contributed by atoms with E-state index in [1.54, 1.807) is 6.07 Å². The predicted molar refractivity (Wildman–Crippen MR) is 55.3 cm³/mol. The van der Waals surface area contributed by atoms with Crippen LogP contribution >= 0.6 is 0 Å². The fourth-order valence-electron chi connectivity index (χ4n) is 1.70. The molecule has 0 aliphatic rings. The molecule has 0 aliphatic heterocycles. The molecule has 0 aliphatic carbocycles. The number of carbonyl (C=O) groups is 1. The van der Waals surface area contributed by atoms with Crippen molar-refractivity contribution in [2.45, 2.75) is 27.2 Å². The molecular formula is C12H13NO. The summed E-state index contributed by atoms with van der Waals surface area (Å²) >= 11 is 0. The van der Waals surface area contributed by atoms with Crippen LogP contribution in [0.1, 0.15) is 40.9 Å². The highest BCUT2D eigenvalue weighted by molar-refractivity contribution is 5.98. The molecular weight excluding hydrogens is 174 g/mol. The van der Waals surface area contributed by atoms with Crippen molar-refractivity contribution in [1.29, 1.82) is 5.26 Å². The molecule has 0 saturated carbocycles. The van der Waals surface area contributed by atoms with E-state index in [2.05, 4.69) is 6.07 Å². The molecule has 14 heavy (non-hydrogen) atoms. The number of aryl methyl sites for hydroxylation is 1. The summed E-state index contributed by atoms with van der Waals surface area (Å²) in [6.07, 6.45) is 0.788. The van der Waals surface area contributed by atoms with Crippen LogP contribution in [0.15, 0.2) is 12.1 Å². The predicted octanol–water partition coefficient (Wildman–Crippen LogP) is 2.63. The van der Waals surface area contributed by atoms with Crippen molar-refractivity contribution < 1.29 is 4.79 Å². The molecule has 2 nitrogen and oxygen atoms in total. The third kappa shape index (κ3) is 1.67. The van der Waals surface area contributed by atoms with Gasteiger partial charge >= 0.3 is 0 Å². The van der Waals surface area contributed by atoms with Gasteiger partial charge in [-0.25, -0.2) is 0 Å². The van der Waals surface area contributed by atoms with Gasteiger partial charge in [-0.3, -0.25) is 4.79 Å². The third-order valence-electron chi connectivity index (χ3n) is 2.37. The van der Waals surface area contributed by atoms with E-state index < -0.39 is 0 Å². The second-order valence-electron chi connectivity index (χ2n) is 3.31. The second-order valence-corrected chi connectivity index (χ2v) is 3.31. The molecule has 0 atom stereocenters. The minimum Gasteiger partial charge on any atom is -0.294 e. The lowest BCUT2D eigenvalue weighted by Crippen LogP contribution is -2.04. The highest BCUT2D eigenvalue weighted by atomic mass is 16.1. The smallest absolute Gasteiger partial charge is 0.161 e. The Morgan fingerprint density at radius 1 is 1.50 bits per heavy atom. The highest BCUT2D eigenvalue weighted by Gasteiger charge is 2.13. The number of Topliss-reactive ketones (excluding diaryl/α,β-unsaturated/α-hetero) is 1. The first-order valence-electron chi connectivity index (χ1n) is 4.65.